The molecule has 3 heterocycles. The van der Waals surface area contributed by atoms with Gasteiger partial charge in [0.15, 0.2) is 5.82 Å². The molecule has 0 spiro atoms. The maximum absolute atomic E-state index is 13.5. The number of fused-ring (bicyclic) bond motifs is 1. The number of carbonyl (C=O) groups is 2. The van der Waals surface area contributed by atoms with Crippen molar-refractivity contribution in [3.05, 3.63) is 53.0 Å². The predicted molar refractivity (Wildman–Crippen MR) is 128 cm³/mol. The van der Waals surface area contributed by atoms with Crippen LogP contribution in [0.25, 0.3) is 0 Å². The standard InChI is InChI=1S/C27H34N4O2/c1-19-22-15-16-24(32)31(18-20-10-4-2-5-11-20)26(22)29-25(28-19)23-14-8-9-17-30(23)27(33)21-12-6-3-7-13-21/h2,4-5,10-11,21,23H,3,6-9,12-18H2,1H3. The van der Waals surface area contributed by atoms with Crippen LogP contribution in [0.5, 0.6) is 0 Å². The van der Waals surface area contributed by atoms with Crippen LogP contribution in [0.3, 0.4) is 0 Å². The van der Waals surface area contributed by atoms with Crippen molar-refractivity contribution in [3.8, 4) is 0 Å². The fourth-order valence-corrected chi connectivity index (χ4v) is 5.73. The summed E-state index contributed by atoms with van der Waals surface area (Å²) in [5.74, 6) is 2.00. The summed E-state index contributed by atoms with van der Waals surface area (Å²) >= 11 is 0. The van der Waals surface area contributed by atoms with Gasteiger partial charge in [-0.25, -0.2) is 9.97 Å². The SMILES string of the molecule is Cc1nc(C2CCCCN2C(=O)C2CCCCC2)nc2c1CCC(=O)N2Cc1ccccc1. The van der Waals surface area contributed by atoms with E-state index >= 15 is 0 Å². The van der Waals surface area contributed by atoms with Crippen LogP contribution >= 0.6 is 0 Å². The van der Waals surface area contributed by atoms with Crippen molar-refractivity contribution in [1.29, 1.82) is 0 Å². The first-order chi connectivity index (χ1) is 16.1. The van der Waals surface area contributed by atoms with Gasteiger partial charge in [0, 0.05) is 30.1 Å². The fourth-order valence-electron chi connectivity index (χ4n) is 5.73. The average Bonchev–Trinajstić information content (AvgIpc) is 2.86. The van der Waals surface area contributed by atoms with Crippen molar-refractivity contribution < 1.29 is 9.59 Å². The number of aromatic nitrogens is 2. The van der Waals surface area contributed by atoms with Crippen LogP contribution in [-0.4, -0.2) is 33.2 Å². The summed E-state index contributed by atoms with van der Waals surface area (Å²) in [6.45, 7) is 3.32. The van der Waals surface area contributed by atoms with Crippen molar-refractivity contribution in [2.45, 2.75) is 83.7 Å². The van der Waals surface area contributed by atoms with E-state index in [2.05, 4.69) is 4.90 Å². The Morgan fingerprint density at radius 3 is 2.52 bits per heavy atom. The van der Waals surface area contributed by atoms with Crippen LogP contribution in [0.1, 0.15) is 86.5 Å². The maximum Gasteiger partial charge on any atom is 0.228 e. The first-order valence-corrected chi connectivity index (χ1v) is 12.6. The Morgan fingerprint density at radius 2 is 1.73 bits per heavy atom. The molecule has 6 nitrogen and oxygen atoms in total. The molecule has 0 bridgehead atoms. The van der Waals surface area contributed by atoms with Crippen LogP contribution in [0.4, 0.5) is 5.82 Å². The Balaban J connectivity index is 1.47. The van der Waals surface area contributed by atoms with Gasteiger partial charge in [-0.2, -0.15) is 0 Å². The lowest BCUT2D eigenvalue weighted by Crippen LogP contribution is -2.43. The van der Waals surface area contributed by atoms with E-state index in [9.17, 15) is 9.59 Å². The lowest BCUT2D eigenvalue weighted by Gasteiger charge is -2.38. The Labute approximate surface area is 196 Å². The lowest BCUT2D eigenvalue weighted by atomic mass is 9.87. The molecule has 1 unspecified atom stereocenters. The van der Waals surface area contributed by atoms with Crippen molar-refractivity contribution >= 4 is 17.6 Å². The number of anilines is 1. The molecule has 1 saturated carbocycles. The molecule has 0 N–H and O–H groups in total. The molecule has 2 aliphatic heterocycles. The zero-order chi connectivity index (χ0) is 22.8. The van der Waals surface area contributed by atoms with E-state index in [1.807, 2.05) is 42.2 Å². The van der Waals surface area contributed by atoms with Crippen LogP contribution < -0.4 is 4.90 Å². The van der Waals surface area contributed by atoms with Crippen molar-refractivity contribution in [2.75, 3.05) is 11.4 Å². The molecule has 1 saturated heterocycles. The van der Waals surface area contributed by atoms with Gasteiger partial charge in [0.25, 0.3) is 0 Å². The molecule has 1 atom stereocenters. The monoisotopic (exact) mass is 446 g/mol. The minimum atomic E-state index is -0.0900. The van der Waals surface area contributed by atoms with Gasteiger partial charge >= 0.3 is 0 Å². The topological polar surface area (TPSA) is 66.4 Å². The second-order valence-corrected chi connectivity index (χ2v) is 9.81. The van der Waals surface area contributed by atoms with Crippen LogP contribution in [0.2, 0.25) is 0 Å². The van der Waals surface area contributed by atoms with Gasteiger partial charge in [-0.3, -0.25) is 14.5 Å². The third-order valence-corrected chi connectivity index (χ3v) is 7.58. The van der Waals surface area contributed by atoms with Gasteiger partial charge < -0.3 is 4.90 Å². The van der Waals surface area contributed by atoms with E-state index < -0.39 is 0 Å². The van der Waals surface area contributed by atoms with Gasteiger partial charge in [-0.05, 0) is 51.0 Å². The van der Waals surface area contributed by atoms with Crippen molar-refractivity contribution in [1.82, 2.24) is 14.9 Å². The van der Waals surface area contributed by atoms with E-state index in [1.165, 1.54) is 6.42 Å². The molecule has 1 aromatic heterocycles. The quantitative estimate of drug-likeness (QED) is 0.670. The molecular weight excluding hydrogens is 412 g/mol. The van der Waals surface area contributed by atoms with E-state index in [-0.39, 0.29) is 23.8 Å². The molecular formula is C27H34N4O2. The largest absolute Gasteiger partial charge is 0.332 e. The molecule has 1 aliphatic carbocycles. The maximum atomic E-state index is 13.5. The van der Waals surface area contributed by atoms with Gasteiger partial charge in [0.05, 0.1) is 12.6 Å². The van der Waals surface area contributed by atoms with E-state index in [0.717, 1.165) is 74.1 Å². The number of likely N-dealkylation sites (tertiary alicyclic amines) is 1. The molecule has 2 fully saturated rings. The highest BCUT2D eigenvalue weighted by atomic mass is 16.2. The third-order valence-electron chi connectivity index (χ3n) is 7.58. The van der Waals surface area contributed by atoms with Gasteiger partial charge in [0.1, 0.15) is 5.82 Å². The number of rotatable bonds is 4. The fraction of sp³-hybridized carbons (Fsp3) is 0.556. The molecule has 1 aromatic carbocycles. The zero-order valence-electron chi connectivity index (χ0n) is 19.6. The molecule has 174 valence electrons. The van der Waals surface area contributed by atoms with Gasteiger partial charge in [-0.15, -0.1) is 0 Å². The van der Waals surface area contributed by atoms with E-state index in [4.69, 9.17) is 9.97 Å². The summed E-state index contributed by atoms with van der Waals surface area (Å²) in [7, 11) is 0. The summed E-state index contributed by atoms with van der Waals surface area (Å²) < 4.78 is 0. The summed E-state index contributed by atoms with van der Waals surface area (Å²) in [6.07, 6.45) is 9.73. The highest BCUT2D eigenvalue weighted by Gasteiger charge is 2.36. The highest BCUT2D eigenvalue weighted by Crippen LogP contribution is 2.36. The van der Waals surface area contributed by atoms with Gasteiger partial charge in [0.2, 0.25) is 11.8 Å². The summed E-state index contributed by atoms with van der Waals surface area (Å²) in [4.78, 5) is 40.2. The van der Waals surface area contributed by atoms with Gasteiger partial charge in [-0.1, -0.05) is 49.6 Å². The van der Waals surface area contributed by atoms with Crippen LogP contribution in [-0.2, 0) is 22.6 Å². The molecule has 0 radical (unpaired) electrons. The molecule has 2 amide bonds. The Kier molecular flexibility index (Phi) is 6.43. The van der Waals surface area contributed by atoms with Crippen LogP contribution in [0.15, 0.2) is 30.3 Å². The Bertz CT molecular complexity index is 1020. The second-order valence-electron chi connectivity index (χ2n) is 9.81. The molecule has 5 rings (SSSR count). The van der Waals surface area contributed by atoms with Crippen LogP contribution in [0, 0.1) is 12.8 Å². The lowest BCUT2D eigenvalue weighted by molar-refractivity contribution is -0.140. The molecule has 6 heteroatoms. The van der Waals surface area contributed by atoms with E-state index in [0.29, 0.717) is 25.2 Å². The number of hydrogen-bond donors (Lipinski definition) is 0. The number of piperidine rings is 1. The number of hydrogen-bond acceptors (Lipinski definition) is 4. The summed E-state index contributed by atoms with van der Waals surface area (Å²) in [5.41, 5.74) is 3.09. The Morgan fingerprint density at radius 1 is 0.970 bits per heavy atom. The number of aryl methyl sites for hydroxylation is 1. The smallest absolute Gasteiger partial charge is 0.228 e. The molecule has 3 aliphatic rings. The molecule has 2 aromatic rings. The zero-order valence-corrected chi connectivity index (χ0v) is 19.6. The minimum absolute atomic E-state index is 0.0900. The normalized spacial score (nSPS) is 21.7. The summed E-state index contributed by atoms with van der Waals surface area (Å²) in [5, 5.41) is 0. The van der Waals surface area contributed by atoms with E-state index in [1.54, 1.807) is 0 Å². The Hall–Kier alpha value is -2.76. The first-order valence-electron chi connectivity index (χ1n) is 12.6. The highest BCUT2D eigenvalue weighted by molar-refractivity contribution is 5.95. The molecule has 33 heavy (non-hydrogen) atoms. The minimum Gasteiger partial charge on any atom is -0.332 e. The number of carbonyl (C=O) groups excluding carboxylic acids is 2. The summed E-state index contributed by atoms with van der Waals surface area (Å²) in [6, 6.07) is 9.98. The van der Waals surface area contributed by atoms with Crippen molar-refractivity contribution in [3.63, 3.8) is 0 Å². The van der Waals surface area contributed by atoms with Crippen molar-refractivity contribution in [2.24, 2.45) is 5.92 Å². The first kappa shape index (κ1) is 22.1. The average molecular weight is 447 g/mol. The number of amides is 2. The number of nitrogens with zero attached hydrogens (tertiary/aromatic N) is 4. The predicted octanol–water partition coefficient (Wildman–Crippen LogP) is 4.90. The number of benzene rings is 1. The second kappa shape index (κ2) is 9.62. The third kappa shape index (κ3) is 4.53.